The zero-order chi connectivity index (χ0) is 14.8. The van der Waals surface area contributed by atoms with Crippen LogP contribution < -0.4 is 10.1 Å². The van der Waals surface area contributed by atoms with Crippen molar-refractivity contribution in [1.82, 2.24) is 5.32 Å². The van der Waals surface area contributed by atoms with Crippen LogP contribution in [0.1, 0.15) is 13.3 Å². The Morgan fingerprint density at radius 2 is 2.15 bits per heavy atom. The van der Waals surface area contributed by atoms with E-state index in [4.69, 9.17) is 16.3 Å². The highest BCUT2D eigenvalue weighted by Gasteiger charge is 2.39. The fourth-order valence-electron chi connectivity index (χ4n) is 2.19. The summed E-state index contributed by atoms with van der Waals surface area (Å²) in [4.78, 5) is 11.8. The molecule has 1 aliphatic heterocycles. The van der Waals surface area contributed by atoms with Gasteiger partial charge in [0.2, 0.25) is 0 Å². The molecule has 0 spiro atoms. The van der Waals surface area contributed by atoms with Crippen molar-refractivity contribution in [2.24, 2.45) is 0 Å². The molecule has 1 aliphatic rings. The topological polar surface area (TPSA) is 72.5 Å². The summed E-state index contributed by atoms with van der Waals surface area (Å²) in [6, 6.07) is 6.85. The Kier molecular flexibility index (Phi) is 4.25. The van der Waals surface area contributed by atoms with Gasteiger partial charge in [0.25, 0.3) is 5.91 Å². The van der Waals surface area contributed by atoms with Crippen molar-refractivity contribution >= 4 is 27.3 Å². The van der Waals surface area contributed by atoms with Gasteiger partial charge in [-0.3, -0.25) is 4.79 Å². The predicted molar refractivity (Wildman–Crippen MR) is 76.8 cm³/mol. The second-order valence-corrected chi connectivity index (χ2v) is 7.76. The third-order valence-corrected chi connectivity index (χ3v) is 5.36. The molecule has 1 amide bonds. The number of carbonyl (C=O) groups is 1. The first kappa shape index (κ1) is 15.1. The predicted octanol–water partition coefficient (Wildman–Crippen LogP) is 1.41. The second-order valence-electron chi connectivity index (χ2n) is 5.17. The summed E-state index contributed by atoms with van der Waals surface area (Å²) < 4.78 is 28.2. The second kappa shape index (κ2) is 5.61. The molecule has 1 fully saturated rings. The maximum atomic E-state index is 11.8. The Bertz CT molecular complexity index is 617. The van der Waals surface area contributed by atoms with Gasteiger partial charge in [0.15, 0.2) is 16.4 Å². The fourth-order valence-corrected chi connectivity index (χ4v) is 4.47. The number of halogens is 1. The van der Waals surface area contributed by atoms with Gasteiger partial charge in [0, 0.05) is 0 Å². The SMILES string of the molecule is C[C@]1(NC(=O)COc2ccccc2Cl)CCS(=O)(=O)C1. The Morgan fingerprint density at radius 3 is 2.75 bits per heavy atom. The molecular weight excluding hydrogens is 302 g/mol. The third kappa shape index (κ3) is 3.86. The number of rotatable bonds is 4. The van der Waals surface area contributed by atoms with Gasteiger partial charge in [-0.05, 0) is 25.5 Å². The number of hydrogen-bond acceptors (Lipinski definition) is 4. The fraction of sp³-hybridized carbons (Fsp3) is 0.462. The van der Waals surface area contributed by atoms with Crippen LogP contribution in [-0.2, 0) is 14.6 Å². The lowest BCUT2D eigenvalue weighted by molar-refractivity contribution is -0.124. The molecule has 7 heteroatoms. The van der Waals surface area contributed by atoms with Gasteiger partial charge in [0.05, 0.1) is 22.1 Å². The van der Waals surface area contributed by atoms with Crippen LogP contribution in [0.15, 0.2) is 24.3 Å². The molecule has 1 saturated heterocycles. The number of hydrogen-bond donors (Lipinski definition) is 1. The van der Waals surface area contributed by atoms with Crippen molar-refractivity contribution in [3.8, 4) is 5.75 Å². The van der Waals surface area contributed by atoms with Crippen LogP contribution in [0.5, 0.6) is 5.75 Å². The number of benzene rings is 1. The van der Waals surface area contributed by atoms with Crippen LogP contribution in [0.25, 0.3) is 0 Å². The highest BCUT2D eigenvalue weighted by Crippen LogP contribution is 2.24. The number of amides is 1. The summed E-state index contributed by atoms with van der Waals surface area (Å²) in [5, 5.41) is 3.14. The van der Waals surface area contributed by atoms with E-state index >= 15 is 0 Å². The van der Waals surface area contributed by atoms with Crippen LogP contribution in [0, 0.1) is 0 Å². The van der Waals surface area contributed by atoms with E-state index in [-0.39, 0.29) is 24.0 Å². The molecule has 0 saturated carbocycles. The third-order valence-electron chi connectivity index (χ3n) is 3.14. The van der Waals surface area contributed by atoms with Gasteiger partial charge in [-0.25, -0.2) is 8.42 Å². The number of carbonyl (C=O) groups excluding carboxylic acids is 1. The molecule has 0 aromatic heterocycles. The lowest BCUT2D eigenvalue weighted by Crippen LogP contribution is -2.48. The summed E-state index contributed by atoms with van der Waals surface area (Å²) in [7, 11) is -3.05. The van der Waals surface area contributed by atoms with Gasteiger partial charge >= 0.3 is 0 Å². The Balaban J connectivity index is 1.89. The van der Waals surface area contributed by atoms with Crippen molar-refractivity contribution in [3.05, 3.63) is 29.3 Å². The molecule has 2 rings (SSSR count). The van der Waals surface area contributed by atoms with Crippen molar-refractivity contribution in [1.29, 1.82) is 0 Å². The summed E-state index contributed by atoms with van der Waals surface area (Å²) >= 11 is 5.91. The van der Waals surface area contributed by atoms with Crippen molar-refractivity contribution in [3.63, 3.8) is 0 Å². The quantitative estimate of drug-likeness (QED) is 0.911. The summed E-state index contributed by atoms with van der Waals surface area (Å²) in [5.41, 5.74) is -0.709. The van der Waals surface area contributed by atoms with E-state index in [0.29, 0.717) is 17.2 Å². The van der Waals surface area contributed by atoms with E-state index in [1.807, 2.05) is 0 Å². The van der Waals surface area contributed by atoms with E-state index in [1.54, 1.807) is 31.2 Å². The summed E-state index contributed by atoms with van der Waals surface area (Å²) in [6.07, 6.45) is 0.424. The van der Waals surface area contributed by atoms with Gasteiger partial charge in [0.1, 0.15) is 5.75 Å². The van der Waals surface area contributed by atoms with Gasteiger partial charge in [-0.2, -0.15) is 0 Å². The normalized spacial score (nSPS) is 24.3. The number of nitrogens with one attached hydrogen (secondary N) is 1. The van der Waals surface area contributed by atoms with Gasteiger partial charge in [-0.1, -0.05) is 23.7 Å². The van der Waals surface area contributed by atoms with E-state index in [0.717, 1.165) is 0 Å². The molecule has 20 heavy (non-hydrogen) atoms. The zero-order valence-electron chi connectivity index (χ0n) is 11.1. The Hall–Kier alpha value is -1.27. The number of sulfone groups is 1. The van der Waals surface area contributed by atoms with E-state index < -0.39 is 15.4 Å². The van der Waals surface area contributed by atoms with Crippen LogP contribution >= 0.6 is 11.6 Å². The molecule has 0 bridgehead atoms. The Morgan fingerprint density at radius 1 is 1.45 bits per heavy atom. The average molecular weight is 318 g/mol. The zero-order valence-corrected chi connectivity index (χ0v) is 12.6. The van der Waals surface area contributed by atoms with Crippen molar-refractivity contribution in [2.45, 2.75) is 18.9 Å². The average Bonchev–Trinajstić information content (AvgIpc) is 2.62. The summed E-state index contributed by atoms with van der Waals surface area (Å²) in [5.74, 6) is 0.144. The van der Waals surface area contributed by atoms with Crippen LogP contribution in [0.3, 0.4) is 0 Å². The number of ether oxygens (including phenoxy) is 1. The minimum Gasteiger partial charge on any atom is -0.482 e. The van der Waals surface area contributed by atoms with E-state index in [9.17, 15) is 13.2 Å². The lowest BCUT2D eigenvalue weighted by atomic mass is 10.0. The van der Waals surface area contributed by atoms with Crippen LogP contribution in [0.4, 0.5) is 0 Å². The minimum atomic E-state index is -3.05. The van der Waals surface area contributed by atoms with Crippen LogP contribution in [0.2, 0.25) is 5.02 Å². The molecule has 0 radical (unpaired) electrons. The minimum absolute atomic E-state index is 0.0299. The number of para-hydroxylation sites is 1. The highest BCUT2D eigenvalue weighted by atomic mass is 35.5. The van der Waals surface area contributed by atoms with E-state index in [1.165, 1.54) is 0 Å². The molecule has 1 aromatic rings. The smallest absolute Gasteiger partial charge is 0.258 e. The summed E-state index contributed by atoms with van der Waals surface area (Å²) in [6.45, 7) is 1.53. The molecule has 0 aliphatic carbocycles. The maximum Gasteiger partial charge on any atom is 0.258 e. The van der Waals surface area contributed by atoms with Crippen molar-refractivity contribution < 1.29 is 17.9 Å². The standard InChI is InChI=1S/C13H16ClNO4S/c1-13(6-7-20(17,18)9-13)15-12(16)8-19-11-5-3-2-4-10(11)14/h2-5H,6-9H2,1H3,(H,15,16)/t13-/m0/s1. The first-order valence-corrected chi connectivity index (χ1v) is 8.38. The van der Waals surface area contributed by atoms with E-state index in [2.05, 4.69) is 5.32 Å². The largest absolute Gasteiger partial charge is 0.482 e. The van der Waals surface area contributed by atoms with Gasteiger partial charge < -0.3 is 10.1 Å². The van der Waals surface area contributed by atoms with Crippen LogP contribution in [-0.4, -0.2) is 38.0 Å². The Labute approximate surface area is 123 Å². The molecular formula is C13H16ClNO4S. The van der Waals surface area contributed by atoms with Gasteiger partial charge in [-0.15, -0.1) is 0 Å². The molecule has 1 heterocycles. The molecule has 1 N–H and O–H groups in total. The monoisotopic (exact) mass is 317 g/mol. The molecule has 0 unspecified atom stereocenters. The first-order valence-electron chi connectivity index (χ1n) is 6.18. The molecule has 5 nitrogen and oxygen atoms in total. The maximum absolute atomic E-state index is 11.8. The highest BCUT2D eigenvalue weighted by molar-refractivity contribution is 7.91. The first-order chi connectivity index (χ1) is 9.30. The lowest BCUT2D eigenvalue weighted by Gasteiger charge is -2.23. The molecule has 1 atom stereocenters. The van der Waals surface area contributed by atoms with Crippen molar-refractivity contribution in [2.75, 3.05) is 18.1 Å². The molecule has 110 valence electrons. The molecule has 1 aromatic carbocycles.